The van der Waals surface area contributed by atoms with Crippen molar-refractivity contribution in [2.75, 3.05) is 84.3 Å². The molecule has 2 aliphatic carbocycles. The Bertz CT molecular complexity index is 2740. The van der Waals surface area contributed by atoms with Crippen molar-refractivity contribution in [2.24, 2.45) is 10.8 Å². The van der Waals surface area contributed by atoms with Crippen LogP contribution in [0.15, 0.2) is 35.8 Å². The molecule has 4 atom stereocenters. The van der Waals surface area contributed by atoms with Crippen LogP contribution in [-0.2, 0) is 46.3 Å². The van der Waals surface area contributed by atoms with E-state index in [1.165, 1.54) is 29.2 Å². The Kier molecular flexibility index (Phi) is 14.9. The molecule has 1 aromatic carbocycles. The number of amides is 2. The topological polar surface area (TPSA) is 180 Å². The monoisotopic (exact) mass is 1030 g/mol. The van der Waals surface area contributed by atoms with Gasteiger partial charge in [0.1, 0.15) is 22.5 Å². The number of piperazine rings is 1. The summed E-state index contributed by atoms with van der Waals surface area (Å²) in [5.41, 5.74) is 9.34. The highest BCUT2D eigenvalue weighted by molar-refractivity contribution is 7.10. The van der Waals surface area contributed by atoms with Gasteiger partial charge in [-0.3, -0.25) is 34.2 Å². The predicted octanol–water partition coefficient (Wildman–Crippen LogP) is 6.95. The van der Waals surface area contributed by atoms with Gasteiger partial charge in [-0.25, -0.2) is 10.4 Å². The first-order valence-corrected chi connectivity index (χ1v) is 28.3. The summed E-state index contributed by atoms with van der Waals surface area (Å²) < 4.78 is 27.2. The molecule has 6 fully saturated rings. The number of rotatable bonds is 12. The van der Waals surface area contributed by atoms with Gasteiger partial charge in [-0.2, -0.15) is 5.26 Å². The maximum atomic E-state index is 15.1. The Hall–Kier alpha value is -5.00. The number of thiazole rings is 1. The Balaban J connectivity index is 1.07. The first-order chi connectivity index (χ1) is 35.9. The Morgan fingerprint density at radius 2 is 1.77 bits per heavy atom. The van der Waals surface area contributed by atoms with Gasteiger partial charge in [0.05, 0.1) is 66.5 Å². The van der Waals surface area contributed by atoms with Gasteiger partial charge in [0.2, 0.25) is 5.91 Å². The summed E-state index contributed by atoms with van der Waals surface area (Å²) in [7, 11) is 1.74. The highest BCUT2D eigenvalue weighted by Gasteiger charge is 2.49. The fourth-order valence-corrected chi connectivity index (χ4v) is 13.2. The van der Waals surface area contributed by atoms with Crippen LogP contribution in [0.25, 0.3) is 33.4 Å². The van der Waals surface area contributed by atoms with Crippen molar-refractivity contribution >= 4 is 45.7 Å². The van der Waals surface area contributed by atoms with Gasteiger partial charge in [-0.05, 0) is 121 Å². The number of anilines is 1. The minimum atomic E-state index is -1.19. The number of methoxy groups -OCH3 is 1. The second kappa shape index (κ2) is 21.6. The molecule has 4 aromatic rings. The van der Waals surface area contributed by atoms with Crippen LogP contribution in [0, 0.1) is 22.2 Å². The van der Waals surface area contributed by atoms with E-state index in [0.717, 1.165) is 128 Å². The highest BCUT2D eigenvalue weighted by atomic mass is 32.1. The average Bonchev–Trinajstić information content (AvgIpc) is 3.76. The normalized spacial score (nSPS) is 25.5. The van der Waals surface area contributed by atoms with Crippen LogP contribution in [0.5, 0.6) is 0 Å². The number of hydrogen-bond donors (Lipinski definition) is 2. The molecule has 18 heteroatoms. The third kappa shape index (κ3) is 10.3. The highest BCUT2D eigenvalue weighted by Crippen LogP contribution is 2.45. The number of aromatic nitrogens is 3. The zero-order valence-electron chi connectivity index (χ0n) is 43.7. The first kappa shape index (κ1) is 51.1. The zero-order chi connectivity index (χ0) is 51.1. The van der Waals surface area contributed by atoms with Crippen molar-refractivity contribution in [1.29, 1.82) is 5.26 Å². The summed E-state index contributed by atoms with van der Waals surface area (Å²) in [6, 6.07) is 9.48. The fourth-order valence-electron chi connectivity index (χ4n) is 12.2. The maximum Gasteiger partial charge on any atom is 0.324 e. The summed E-state index contributed by atoms with van der Waals surface area (Å²) in [5.74, 6) is -1.22. The molecule has 5 aliphatic heterocycles. The van der Waals surface area contributed by atoms with Gasteiger partial charge >= 0.3 is 5.97 Å². The molecule has 74 heavy (non-hydrogen) atoms. The summed E-state index contributed by atoms with van der Waals surface area (Å²) in [6.07, 6.45) is 11.3. The first-order valence-electron chi connectivity index (χ1n) is 27.5. The number of likely N-dealkylation sites (tertiary alicyclic amines) is 1. The molecule has 17 nitrogen and oxygen atoms in total. The summed E-state index contributed by atoms with van der Waals surface area (Å²) in [4.78, 5) is 61.7. The van der Waals surface area contributed by atoms with E-state index in [1.807, 2.05) is 6.20 Å². The van der Waals surface area contributed by atoms with Crippen molar-refractivity contribution in [2.45, 2.75) is 141 Å². The molecule has 6 bridgehead atoms. The van der Waals surface area contributed by atoms with Gasteiger partial charge in [0.15, 0.2) is 0 Å². The van der Waals surface area contributed by atoms with Crippen LogP contribution < -0.4 is 15.6 Å². The lowest BCUT2D eigenvalue weighted by atomic mass is 9.69. The minimum Gasteiger partial charge on any atom is -0.464 e. The molecule has 2 N–H and O–H groups in total. The smallest absolute Gasteiger partial charge is 0.324 e. The third-order valence-corrected chi connectivity index (χ3v) is 17.9. The van der Waals surface area contributed by atoms with Crippen LogP contribution in [0.2, 0.25) is 0 Å². The fraction of sp³-hybridized carbons (Fsp3) is 0.643. The number of cyclic esters (lactones) is 1. The van der Waals surface area contributed by atoms with Gasteiger partial charge < -0.3 is 33.7 Å². The third-order valence-electron chi connectivity index (χ3n) is 17.0. The van der Waals surface area contributed by atoms with Crippen molar-refractivity contribution in [3.8, 4) is 28.6 Å². The van der Waals surface area contributed by atoms with E-state index in [-0.39, 0.29) is 24.7 Å². The van der Waals surface area contributed by atoms with Crippen molar-refractivity contribution in [3.63, 3.8) is 0 Å². The number of pyridine rings is 1. The quantitative estimate of drug-likeness (QED) is 0.139. The van der Waals surface area contributed by atoms with Crippen molar-refractivity contribution in [3.05, 3.63) is 52.1 Å². The lowest BCUT2D eigenvalue weighted by molar-refractivity contribution is -0.156. The summed E-state index contributed by atoms with van der Waals surface area (Å²) in [5, 5.41) is 18.8. The van der Waals surface area contributed by atoms with Gasteiger partial charge in [0.25, 0.3) is 5.91 Å². The number of nitriles is 1. The van der Waals surface area contributed by atoms with E-state index < -0.39 is 40.8 Å². The molecule has 2 amide bonds. The van der Waals surface area contributed by atoms with Crippen molar-refractivity contribution < 1.29 is 33.3 Å². The number of hydrogen-bond acceptors (Lipinski definition) is 15. The number of nitrogens with one attached hydrogen (secondary N) is 2. The van der Waals surface area contributed by atoms with Crippen LogP contribution in [0.1, 0.15) is 120 Å². The van der Waals surface area contributed by atoms with Crippen LogP contribution in [0.3, 0.4) is 0 Å². The van der Waals surface area contributed by atoms with Gasteiger partial charge in [-0.1, -0.05) is 19.9 Å². The van der Waals surface area contributed by atoms with E-state index in [1.54, 1.807) is 7.11 Å². The molecule has 2 saturated carbocycles. The van der Waals surface area contributed by atoms with E-state index in [9.17, 15) is 14.9 Å². The summed E-state index contributed by atoms with van der Waals surface area (Å²) >= 11 is 1.49. The van der Waals surface area contributed by atoms with Gasteiger partial charge in [0, 0.05) is 98.5 Å². The number of nitrogens with zero attached hydrogens (tertiary/aromatic N) is 8. The predicted molar refractivity (Wildman–Crippen MR) is 282 cm³/mol. The number of carbonyl (C=O) groups excluding carboxylic acids is 3. The second-order valence-corrected chi connectivity index (χ2v) is 23.6. The Labute approximate surface area is 439 Å². The molecular formula is C56H74N10O7S. The van der Waals surface area contributed by atoms with E-state index >= 15 is 4.79 Å². The molecule has 7 aliphatic rings. The number of esters is 1. The lowest BCUT2D eigenvalue weighted by Gasteiger charge is -2.41. The number of carbonyl (C=O) groups is 3. The minimum absolute atomic E-state index is 0.121. The number of ether oxygens (including phenoxy) is 4. The molecule has 0 spiro atoms. The van der Waals surface area contributed by atoms with E-state index in [2.05, 4.69) is 86.5 Å². The van der Waals surface area contributed by atoms with E-state index in [0.29, 0.717) is 70.0 Å². The molecule has 4 saturated heterocycles. The number of fused-ring (bicyclic) bond motifs is 6. The molecule has 8 heterocycles. The van der Waals surface area contributed by atoms with Crippen LogP contribution >= 0.6 is 11.3 Å². The molecule has 0 unspecified atom stereocenters. The standard InChI is InChI=1S/C56H74N10O7S/c1-36(70-4)47-42(30-39(32-58-47)63-23-21-62(22-24-63)38-11-12-38)49-43-31-55(2,3)35-73-53(68)44-9-7-20-66(61-44)52(67)48(60-54(69)56(34-57)16-8-17-56)50(64-18-5-6-19-64)51-59-45(33-74-51)37-10-13-46(41(43)29-37)65(49)25-28-72-40-14-26-71-27-15-40/h10,13,29-30,32-33,36,38,40,44,48,50,61H,5-9,11-12,14-28,31,35H2,1-4H3,(H,60,69)/t36-,44-,48-,50-/m0/s1. The SMILES string of the molecule is CO[C@@H](C)c1ncc(N2CCN(C3CC3)CC2)cc1-c1c2c3cc(ccc3n1CCOC1CCOCC1)-c1csc(n1)[C@@H](N1CCCC1)[C@H](NC(=O)C1(C#N)CCC1)C(=O)N1CCC[C@H](N1)C(=O)OCC(C)(C)C2. The Morgan fingerprint density at radius 1 is 0.986 bits per heavy atom. The largest absolute Gasteiger partial charge is 0.464 e. The molecule has 396 valence electrons. The zero-order valence-corrected chi connectivity index (χ0v) is 44.6. The summed E-state index contributed by atoms with van der Waals surface area (Å²) in [6.45, 7) is 14.7. The average molecular weight is 1030 g/mol. The van der Waals surface area contributed by atoms with E-state index in [4.69, 9.17) is 28.9 Å². The van der Waals surface area contributed by atoms with Crippen LogP contribution in [-0.4, -0.2) is 151 Å². The number of benzene rings is 1. The molecule has 0 radical (unpaired) electrons. The lowest BCUT2D eigenvalue weighted by Crippen LogP contribution is -2.63. The van der Waals surface area contributed by atoms with Crippen LogP contribution in [0.4, 0.5) is 5.69 Å². The maximum absolute atomic E-state index is 15.1. The molecule has 11 rings (SSSR count). The molecule has 3 aromatic heterocycles. The second-order valence-electron chi connectivity index (χ2n) is 22.7. The van der Waals surface area contributed by atoms with Gasteiger partial charge in [-0.15, -0.1) is 11.3 Å². The Morgan fingerprint density at radius 3 is 2.49 bits per heavy atom. The number of hydrazine groups is 1. The van der Waals surface area contributed by atoms with Crippen molar-refractivity contribution in [1.82, 2.24) is 40.1 Å². The molecular weight excluding hydrogens is 957 g/mol.